The molecule has 2 aliphatic rings. The lowest BCUT2D eigenvalue weighted by Gasteiger charge is -2.33. The summed E-state index contributed by atoms with van der Waals surface area (Å²) >= 11 is 0. The van der Waals surface area contributed by atoms with Crippen molar-refractivity contribution in [1.29, 1.82) is 0 Å². The molecule has 1 aliphatic heterocycles. The molecule has 2 heterocycles. The maximum absolute atomic E-state index is 14.2. The van der Waals surface area contributed by atoms with Crippen molar-refractivity contribution in [2.75, 3.05) is 31.1 Å². The lowest BCUT2D eigenvalue weighted by molar-refractivity contribution is -0.118. The maximum atomic E-state index is 14.2. The number of carbonyl (C=O) groups is 2. The van der Waals surface area contributed by atoms with Crippen LogP contribution in [0.3, 0.4) is 0 Å². The number of carbonyl (C=O) groups excluding carboxylic acids is 2. The van der Waals surface area contributed by atoms with E-state index >= 15 is 0 Å². The predicted octanol–water partition coefficient (Wildman–Crippen LogP) is 2.12. The second kappa shape index (κ2) is 7.06. The molecule has 140 valence electrons. The minimum Gasteiger partial charge on any atom is -0.342 e. The summed E-state index contributed by atoms with van der Waals surface area (Å²) < 4.78 is 14.2. The lowest BCUT2D eigenvalue weighted by atomic mass is 9.81. The number of hydrogen-bond acceptors (Lipinski definition) is 5. The third-order valence-corrected chi connectivity index (χ3v) is 5.39. The molecule has 1 fully saturated rings. The number of nitrogens with zero attached hydrogens (tertiary/aromatic N) is 4. The van der Waals surface area contributed by atoms with E-state index in [2.05, 4.69) is 9.97 Å². The molecule has 6 nitrogen and oxygen atoms in total. The van der Waals surface area contributed by atoms with Gasteiger partial charge in [0.1, 0.15) is 5.82 Å². The second-order valence-electron chi connectivity index (χ2n) is 7.11. The Morgan fingerprint density at radius 3 is 2.56 bits per heavy atom. The summed E-state index contributed by atoms with van der Waals surface area (Å²) in [4.78, 5) is 36.6. The van der Waals surface area contributed by atoms with Crippen LogP contribution in [0.15, 0.2) is 24.3 Å². The zero-order valence-electron chi connectivity index (χ0n) is 15.2. The van der Waals surface area contributed by atoms with Crippen molar-refractivity contribution in [2.24, 2.45) is 0 Å². The molecule has 0 bridgehead atoms. The Hall–Kier alpha value is -2.83. The summed E-state index contributed by atoms with van der Waals surface area (Å²) in [5, 5.41) is 0. The van der Waals surface area contributed by atoms with Crippen molar-refractivity contribution in [3.05, 3.63) is 52.6 Å². The Labute approximate surface area is 157 Å². The van der Waals surface area contributed by atoms with E-state index in [0.29, 0.717) is 61.1 Å². The van der Waals surface area contributed by atoms with E-state index in [9.17, 15) is 14.0 Å². The van der Waals surface area contributed by atoms with Crippen LogP contribution in [0.5, 0.6) is 0 Å². The molecule has 0 N–H and O–H groups in total. The van der Waals surface area contributed by atoms with Gasteiger partial charge in [0.25, 0.3) is 0 Å². The quantitative estimate of drug-likeness (QED) is 0.777. The topological polar surface area (TPSA) is 66.4 Å². The Balaban J connectivity index is 1.65. The fraction of sp³-hybridized carbons (Fsp3) is 0.400. The van der Waals surface area contributed by atoms with Crippen LogP contribution in [0.1, 0.15) is 39.6 Å². The minimum atomic E-state index is -0.283. The van der Waals surface area contributed by atoms with E-state index in [-0.39, 0.29) is 23.9 Å². The largest absolute Gasteiger partial charge is 0.342 e. The highest BCUT2D eigenvalue weighted by atomic mass is 19.1. The molecule has 4 rings (SSSR count). The van der Waals surface area contributed by atoms with E-state index in [1.807, 2.05) is 11.8 Å². The number of fused-ring (bicyclic) bond motifs is 1. The minimum absolute atomic E-state index is 0.0284. The van der Waals surface area contributed by atoms with Crippen LogP contribution >= 0.6 is 0 Å². The molecule has 1 atom stereocenters. The molecule has 27 heavy (non-hydrogen) atoms. The number of aromatic nitrogens is 2. The average molecular weight is 368 g/mol. The van der Waals surface area contributed by atoms with Gasteiger partial charge < -0.3 is 9.80 Å². The molecule has 0 saturated carbocycles. The molecule has 1 aromatic heterocycles. The first kappa shape index (κ1) is 17.6. The number of ketones is 1. The molecule has 1 aliphatic carbocycles. The van der Waals surface area contributed by atoms with Gasteiger partial charge in [-0.1, -0.05) is 18.2 Å². The third-order valence-electron chi connectivity index (χ3n) is 5.39. The molecular weight excluding hydrogens is 347 g/mol. The zero-order valence-corrected chi connectivity index (χ0v) is 15.2. The van der Waals surface area contributed by atoms with Gasteiger partial charge in [-0.2, -0.15) is 0 Å². The van der Waals surface area contributed by atoms with E-state index in [1.165, 1.54) is 6.07 Å². The molecule has 0 radical (unpaired) electrons. The number of halogens is 1. The van der Waals surface area contributed by atoms with E-state index in [1.54, 1.807) is 23.1 Å². The Morgan fingerprint density at radius 2 is 1.85 bits per heavy atom. The summed E-state index contributed by atoms with van der Waals surface area (Å²) in [6, 6.07) is 6.62. The highest BCUT2D eigenvalue weighted by molar-refractivity contribution is 5.99. The van der Waals surface area contributed by atoms with Crippen LogP contribution < -0.4 is 4.90 Å². The van der Waals surface area contributed by atoms with Crippen molar-refractivity contribution in [3.8, 4) is 0 Å². The molecule has 1 amide bonds. The van der Waals surface area contributed by atoms with Crippen LogP contribution in [-0.2, 0) is 11.2 Å². The van der Waals surface area contributed by atoms with Crippen molar-refractivity contribution in [3.63, 3.8) is 0 Å². The number of amides is 1. The fourth-order valence-corrected chi connectivity index (χ4v) is 3.95. The van der Waals surface area contributed by atoms with Crippen LogP contribution in [-0.4, -0.2) is 53.2 Å². The molecular formula is C20H21FN4O2. The first-order chi connectivity index (χ1) is 13.1. The van der Waals surface area contributed by atoms with Crippen LogP contribution in [0.4, 0.5) is 10.3 Å². The Morgan fingerprint density at radius 1 is 1.11 bits per heavy atom. The van der Waals surface area contributed by atoms with Gasteiger partial charge >= 0.3 is 0 Å². The third kappa shape index (κ3) is 3.29. The fourth-order valence-electron chi connectivity index (χ4n) is 3.95. The van der Waals surface area contributed by atoms with E-state index < -0.39 is 0 Å². The smallest absolute Gasteiger partial charge is 0.225 e. The van der Waals surface area contributed by atoms with E-state index in [0.717, 1.165) is 6.41 Å². The number of piperazine rings is 1. The Kier molecular flexibility index (Phi) is 4.59. The number of anilines is 1. The van der Waals surface area contributed by atoms with Gasteiger partial charge in [0.05, 0.1) is 17.0 Å². The molecule has 1 saturated heterocycles. The van der Waals surface area contributed by atoms with Gasteiger partial charge in [0, 0.05) is 32.6 Å². The van der Waals surface area contributed by atoms with Gasteiger partial charge in [-0.05, 0) is 30.9 Å². The maximum Gasteiger partial charge on any atom is 0.225 e. The normalized spacial score (nSPS) is 19.8. The zero-order chi connectivity index (χ0) is 19.0. The number of hydrogen-bond donors (Lipinski definition) is 0. The summed E-state index contributed by atoms with van der Waals surface area (Å²) in [7, 11) is 0. The summed E-state index contributed by atoms with van der Waals surface area (Å²) in [5.74, 6) is 0.0631. The van der Waals surface area contributed by atoms with Crippen LogP contribution in [0.25, 0.3) is 0 Å². The monoisotopic (exact) mass is 368 g/mol. The van der Waals surface area contributed by atoms with Crippen molar-refractivity contribution in [2.45, 2.75) is 25.7 Å². The number of benzene rings is 1. The van der Waals surface area contributed by atoms with Gasteiger partial charge in [0.15, 0.2) is 5.78 Å². The molecule has 1 aromatic carbocycles. The van der Waals surface area contributed by atoms with Gasteiger partial charge in [-0.3, -0.25) is 9.59 Å². The first-order valence-corrected chi connectivity index (χ1v) is 9.16. The highest BCUT2D eigenvalue weighted by Gasteiger charge is 2.32. The average Bonchev–Trinajstić information content (AvgIpc) is 2.67. The Bertz CT molecular complexity index is 894. The number of aryl methyl sites for hydroxylation is 1. The van der Waals surface area contributed by atoms with Crippen molar-refractivity contribution in [1.82, 2.24) is 14.9 Å². The van der Waals surface area contributed by atoms with Gasteiger partial charge in [-0.25, -0.2) is 14.4 Å². The first-order valence-electron chi connectivity index (χ1n) is 9.16. The van der Waals surface area contributed by atoms with Crippen molar-refractivity contribution >= 4 is 18.1 Å². The summed E-state index contributed by atoms with van der Waals surface area (Å²) in [6.07, 6.45) is 1.65. The van der Waals surface area contributed by atoms with Crippen LogP contribution in [0, 0.1) is 12.7 Å². The lowest BCUT2D eigenvalue weighted by Crippen LogP contribution is -2.46. The van der Waals surface area contributed by atoms with Gasteiger partial charge in [0.2, 0.25) is 12.4 Å². The van der Waals surface area contributed by atoms with E-state index in [4.69, 9.17) is 0 Å². The standard InChI is InChI=1S/C20H21FN4O2/c1-13-19-17(23-20(22-13)25-8-6-24(12-26)7-9-25)10-14(11-18(19)27)15-4-2-3-5-16(15)21/h2-5,12,14H,6-11H2,1H3/t14-/m0/s1. The second-order valence-corrected chi connectivity index (χ2v) is 7.11. The number of Topliss-reactive ketones (excluding diaryl/α,β-unsaturated/α-hetero) is 1. The van der Waals surface area contributed by atoms with Crippen molar-refractivity contribution < 1.29 is 14.0 Å². The number of rotatable bonds is 3. The highest BCUT2D eigenvalue weighted by Crippen LogP contribution is 2.34. The molecule has 2 aromatic rings. The SMILES string of the molecule is Cc1nc(N2CCN(C=O)CC2)nc2c1C(=O)C[C@@H](c1ccccc1F)C2. The molecule has 0 spiro atoms. The summed E-state index contributed by atoms with van der Waals surface area (Å²) in [6.45, 7) is 4.38. The summed E-state index contributed by atoms with van der Waals surface area (Å²) in [5.41, 5.74) is 2.51. The molecule has 0 unspecified atom stereocenters. The van der Waals surface area contributed by atoms with Gasteiger partial charge in [-0.15, -0.1) is 0 Å². The van der Waals surface area contributed by atoms with Crippen LogP contribution in [0.2, 0.25) is 0 Å². The predicted molar refractivity (Wildman–Crippen MR) is 98.4 cm³/mol. The molecule has 7 heteroatoms.